The number of carbonyl (C=O) groups excluding carboxylic acids is 1. The molecule has 0 aliphatic heterocycles. The average molecular weight is 247 g/mol. The number of hydrogen-bond acceptors (Lipinski definition) is 3. The molecule has 4 heteroatoms. The van der Waals surface area contributed by atoms with E-state index in [9.17, 15) is 4.79 Å². The van der Waals surface area contributed by atoms with E-state index in [1.807, 2.05) is 35.9 Å². The van der Waals surface area contributed by atoms with Gasteiger partial charge in [0, 0.05) is 24.1 Å². The summed E-state index contributed by atoms with van der Waals surface area (Å²) in [4.78, 5) is 11.8. The van der Waals surface area contributed by atoms with Crippen molar-refractivity contribution in [2.24, 2.45) is 7.05 Å². The summed E-state index contributed by atoms with van der Waals surface area (Å²) in [5, 5.41) is 0.899. The first-order chi connectivity index (χ1) is 8.15. The molecule has 3 nitrogen and oxygen atoms in total. The normalized spacial score (nSPS) is 10.5. The van der Waals surface area contributed by atoms with E-state index >= 15 is 0 Å². The molecule has 0 N–H and O–H groups in total. The summed E-state index contributed by atoms with van der Waals surface area (Å²) >= 11 is 5.33. The number of rotatable bonds is 2. The fourth-order valence-corrected chi connectivity index (χ4v) is 2.10. The van der Waals surface area contributed by atoms with Gasteiger partial charge in [0.2, 0.25) is 0 Å². The minimum Gasteiger partial charge on any atom is -0.462 e. The van der Waals surface area contributed by atoms with Crippen LogP contribution in [0, 0.1) is 4.51 Å². The molecule has 0 unspecified atom stereocenters. The largest absolute Gasteiger partial charge is 0.462 e. The number of carbonyl (C=O) groups is 1. The molecule has 0 atom stereocenters. The Bertz CT molecular complexity index is 631. The average Bonchev–Trinajstić information content (AvgIpc) is 2.34. The summed E-state index contributed by atoms with van der Waals surface area (Å²) < 4.78 is 7.43. The number of esters is 1. The molecular formula is C13H13NO2S. The lowest BCUT2D eigenvalue weighted by molar-refractivity contribution is 0.0525. The SMILES string of the molecule is CCOC(=O)c1cn(C)c2ccccc2c1=S. The standard InChI is InChI=1S/C13H13NO2S/c1-3-16-13(15)10-8-14(2)11-7-5-4-6-9(11)12(10)17/h4-8H,3H2,1-2H3. The highest BCUT2D eigenvalue weighted by molar-refractivity contribution is 7.71. The van der Waals surface area contributed by atoms with Gasteiger partial charge in [-0.15, -0.1) is 0 Å². The molecule has 1 aromatic heterocycles. The zero-order chi connectivity index (χ0) is 12.4. The van der Waals surface area contributed by atoms with Crippen LogP contribution in [0.3, 0.4) is 0 Å². The van der Waals surface area contributed by atoms with E-state index in [4.69, 9.17) is 17.0 Å². The fourth-order valence-electron chi connectivity index (χ4n) is 1.79. The highest BCUT2D eigenvalue weighted by Gasteiger charge is 2.12. The van der Waals surface area contributed by atoms with Crippen LogP contribution in [0.2, 0.25) is 0 Å². The second kappa shape index (κ2) is 4.67. The Morgan fingerprint density at radius 2 is 2.12 bits per heavy atom. The van der Waals surface area contributed by atoms with Crippen LogP contribution in [-0.4, -0.2) is 17.1 Å². The molecule has 0 saturated heterocycles. The van der Waals surface area contributed by atoms with Crippen LogP contribution in [0.15, 0.2) is 30.5 Å². The van der Waals surface area contributed by atoms with E-state index in [2.05, 4.69) is 0 Å². The Balaban J connectivity index is 2.71. The number of ether oxygens (including phenoxy) is 1. The van der Waals surface area contributed by atoms with Gasteiger partial charge < -0.3 is 9.30 Å². The monoisotopic (exact) mass is 247 g/mol. The second-order valence-corrected chi connectivity index (χ2v) is 4.13. The van der Waals surface area contributed by atoms with Crippen molar-refractivity contribution in [3.63, 3.8) is 0 Å². The number of hydrogen-bond donors (Lipinski definition) is 0. The lowest BCUT2D eigenvalue weighted by atomic mass is 10.1. The Kier molecular flexibility index (Phi) is 3.24. The van der Waals surface area contributed by atoms with Crippen molar-refractivity contribution >= 4 is 29.1 Å². The third-order valence-corrected chi connectivity index (χ3v) is 3.03. The highest BCUT2D eigenvalue weighted by Crippen LogP contribution is 2.18. The smallest absolute Gasteiger partial charge is 0.341 e. The quantitative estimate of drug-likeness (QED) is 0.603. The lowest BCUT2D eigenvalue weighted by Crippen LogP contribution is -2.08. The van der Waals surface area contributed by atoms with Crippen LogP contribution in [0.5, 0.6) is 0 Å². The molecule has 0 aliphatic rings. The zero-order valence-corrected chi connectivity index (χ0v) is 10.6. The first-order valence-corrected chi connectivity index (χ1v) is 5.81. The van der Waals surface area contributed by atoms with Gasteiger partial charge in [-0.3, -0.25) is 0 Å². The predicted molar refractivity (Wildman–Crippen MR) is 69.7 cm³/mol. The summed E-state index contributed by atoms with van der Waals surface area (Å²) in [6.45, 7) is 2.13. The van der Waals surface area contributed by atoms with Crippen molar-refractivity contribution < 1.29 is 9.53 Å². The first kappa shape index (κ1) is 11.8. The number of nitrogens with zero attached hydrogens (tertiary/aromatic N) is 1. The minimum absolute atomic E-state index is 0.351. The second-order valence-electron chi connectivity index (χ2n) is 3.72. The Hall–Kier alpha value is -1.68. The molecule has 0 bridgehead atoms. The van der Waals surface area contributed by atoms with Gasteiger partial charge >= 0.3 is 5.97 Å². The molecule has 1 heterocycles. The molecule has 0 fully saturated rings. The number of fused-ring (bicyclic) bond motifs is 1. The Morgan fingerprint density at radius 3 is 2.82 bits per heavy atom. The maximum Gasteiger partial charge on any atom is 0.341 e. The lowest BCUT2D eigenvalue weighted by Gasteiger charge is -2.09. The summed E-state index contributed by atoms with van der Waals surface area (Å²) in [5.41, 5.74) is 1.45. The van der Waals surface area contributed by atoms with Gasteiger partial charge in [0.15, 0.2) is 0 Å². The molecule has 0 radical (unpaired) electrons. The number of aryl methyl sites for hydroxylation is 1. The summed E-state index contributed by atoms with van der Waals surface area (Å²) in [6.07, 6.45) is 1.72. The minimum atomic E-state index is -0.362. The van der Waals surface area contributed by atoms with Gasteiger partial charge in [-0.25, -0.2) is 4.79 Å². The highest BCUT2D eigenvalue weighted by atomic mass is 32.1. The van der Waals surface area contributed by atoms with Gasteiger partial charge in [0.1, 0.15) is 0 Å². The van der Waals surface area contributed by atoms with Gasteiger partial charge in [-0.2, -0.15) is 0 Å². The van der Waals surface area contributed by atoms with E-state index in [0.717, 1.165) is 10.9 Å². The Labute approximate surface area is 105 Å². The zero-order valence-electron chi connectivity index (χ0n) is 9.77. The number of benzene rings is 1. The van der Waals surface area contributed by atoms with Crippen molar-refractivity contribution in [3.8, 4) is 0 Å². The van der Waals surface area contributed by atoms with Crippen molar-refractivity contribution in [3.05, 3.63) is 40.5 Å². The molecule has 0 saturated carbocycles. The first-order valence-electron chi connectivity index (χ1n) is 5.40. The molecule has 1 aromatic carbocycles. The van der Waals surface area contributed by atoms with E-state index in [-0.39, 0.29) is 5.97 Å². The topological polar surface area (TPSA) is 31.2 Å². The van der Waals surface area contributed by atoms with Crippen molar-refractivity contribution in [2.75, 3.05) is 6.61 Å². The number of para-hydroxylation sites is 1. The van der Waals surface area contributed by atoms with Crippen molar-refractivity contribution in [1.29, 1.82) is 0 Å². The third kappa shape index (κ3) is 2.08. The third-order valence-electron chi connectivity index (χ3n) is 2.59. The molecule has 0 aliphatic carbocycles. The van der Waals surface area contributed by atoms with E-state index in [1.165, 1.54) is 0 Å². The summed E-state index contributed by atoms with van der Waals surface area (Å²) in [7, 11) is 1.89. The molecule has 2 aromatic rings. The molecule has 88 valence electrons. The van der Waals surface area contributed by atoms with E-state index in [0.29, 0.717) is 16.7 Å². The van der Waals surface area contributed by atoms with E-state index in [1.54, 1.807) is 13.1 Å². The molecule has 17 heavy (non-hydrogen) atoms. The van der Waals surface area contributed by atoms with Crippen LogP contribution in [0.1, 0.15) is 17.3 Å². The molecule has 2 rings (SSSR count). The van der Waals surface area contributed by atoms with Gasteiger partial charge in [-0.1, -0.05) is 30.4 Å². The number of pyridine rings is 1. The maximum absolute atomic E-state index is 11.8. The predicted octanol–water partition coefficient (Wildman–Crippen LogP) is 3.08. The fraction of sp³-hybridized carbons (Fsp3) is 0.231. The van der Waals surface area contributed by atoms with Crippen LogP contribution in [0.25, 0.3) is 10.9 Å². The molecule has 0 amide bonds. The number of aromatic nitrogens is 1. The van der Waals surface area contributed by atoms with Gasteiger partial charge in [0.05, 0.1) is 16.7 Å². The maximum atomic E-state index is 11.8. The molecular weight excluding hydrogens is 234 g/mol. The van der Waals surface area contributed by atoms with Gasteiger partial charge in [-0.05, 0) is 13.0 Å². The summed E-state index contributed by atoms with van der Waals surface area (Å²) in [6, 6.07) is 7.74. The van der Waals surface area contributed by atoms with E-state index < -0.39 is 0 Å². The van der Waals surface area contributed by atoms with Gasteiger partial charge in [0.25, 0.3) is 0 Å². The van der Waals surface area contributed by atoms with Crippen LogP contribution < -0.4 is 0 Å². The van der Waals surface area contributed by atoms with Crippen LogP contribution in [-0.2, 0) is 11.8 Å². The molecule has 0 spiro atoms. The van der Waals surface area contributed by atoms with Crippen molar-refractivity contribution in [1.82, 2.24) is 4.57 Å². The van der Waals surface area contributed by atoms with Crippen molar-refractivity contribution in [2.45, 2.75) is 6.92 Å². The van der Waals surface area contributed by atoms with Crippen LogP contribution in [0.4, 0.5) is 0 Å². The Morgan fingerprint density at radius 1 is 1.41 bits per heavy atom. The summed E-state index contributed by atoms with van der Waals surface area (Å²) in [5.74, 6) is -0.362. The van der Waals surface area contributed by atoms with Crippen LogP contribution >= 0.6 is 12.2 Å².